The van der Waals surface area contributed by atoms with Gasteiger partial charge in [-0.25, -0.2) is 0 Å². The van der Waals surface area contributed by atoms with Gasteiger partial charge in [-0.1, -0.05) is 46.4 Å². The number of halogens is 4. The molecule has 0 fully saturated rings. The lowest BCUT2D eigenvalue weighted by Crippen LogP contribution is -2.02. The Morgan fingerprint density at radius 1 is 0.565 bits per heavy atom. The smallest absolute Gasteiger partial charge is 0.182 e. The maximum absolute atomic E-state index is 12.0. The highest BCUT2D eigenvalue weighted by Crippen LogP contribution is 2.29. The van der Waals surface area contributed by atoms with Crippen LogP contribution in [0.5, 0.6) is 0 Å². The van der Waals surface area contributed by atoms with Crippen molar-refractivity contribution in [3.8, 4) is 22.5 Å². The number of benzene rings is 2. The van der Waals surface area contributed by atoms with Crippen LogP contribution in [0, 0.1) is 0 Å². The largest absolute Gasteiger partial charge is 0.354 e. The zero-order valence-corrected chi connectivity index (χ0v) is 14.6. The van der Waals surface area contributed by atoms with Crippen molar-refractivity contribution in [2.75, 3.05) is 0 Å². The summed E-state index contributed by atoms with van der Waals surface area (Å²) in [6, 6.07) is 13.1. The van der Waals surface area contributed by atoms with Crippen LogP contribution in [-0.2, 0) is 0 Å². The molecule has 116 valence electrons. The minimum atomic E-state index is -0.152. The topological polar surface area (TPSA) is 32.9 Å². The zero-order chi connectivity index (χ0) is 16.6. The van der Waals surface area contributed by atoms with Crippen LogP contribution in [0.2, 0.25) is 20.1 Å². The third-order valence-corrected chi connectivity index (χ3v) is 4.06. The van der Waals surface area contributed by atoms with E-state index >= 15 is 0 Å². The van der Waals surface area contributed by atoms with Gasteiger partial charge in [0.1, 0.15) is 0 Å². The van der Waals surface area contributed by atoms with Crippen LogP contribution in [0.15, 0.2) is 53.3 Å². The Morgan fingerprint density at radius 3 is 1.26 bits per heavy atom. The van der Waals surface area contributed by atoms with E-state index in [1.807, 2.05) is 0 Å². The van der Waals surface area contributed by atoms with Gasteiger partial charge in [-0.15, -0.1) is 0 Å². The first-order valence-corrected chi connectivity index (χ1v) is 8.09. The molecular formula is C17H9Cl4NO. The molecule has 1 heterocycles. The summed E-state index contributed by atoms with van der Waals surface area (Å²) in [5, 5.41) is 1.96. The molecular weight excluding hydrogens is 376 g/mol. The molecule has 0 unspecified atom stereocenters. The van der Waals surface area contributed by atoms with Crippen LogP contribution in [0.1, 0.15) is 0 Å². The molecule has 23 heavy (non-hydrogen) atoms. The highest BCUT2D eigenvalue weighted by atomic mass is 35.5. The maximum Gasteiger partial charge on any atom is 0.182 e. The number of aromatic nitrogens is 1. The van der Waals surface area contributed by atoms with Gasteiger partial charge >= 0.3 is 0 Å². The summed E-state index contributed by atoms with van der Waals surface area (Å²) in [4.78, 5) is 15.2. The molecule has 0 amide bonds. The highest BCUT2D eigenvalue weighted by Gasteiger charge is 2.08. The van der Waals surface area contributed by atoms with Crippen molar-refractivity contribution in [3.63, 3.8) is 0 Å². The quantitative estimate of drug-likeness (QED) is 0.550. The van der Waals surface area contributed by atoms with Crippen molar-refractivity contribution in [1.29, 1.82) is 0 Å². The van der Waals surface area contributed by atoms with E-state index in [1.54, 1.807) is 36.4 Å². The van der Waals surface area contributed by atoms with Crippen LogP contribution < -0.4 is 5.43 Å². The fourth-order valence-corrected chi connectivity index (χ4v) is 3.33. The Balaban J connectivity index is 2.18. The second kappa shape index (κ2) is 6.58. The number of hydrogen-bond donors (Lipinski definition) is 1. The van der Waals surface area contributed by atoms with E-state index in [1.165, 1.54) is 12.1 Å². The van der Waals surface area contributed by atoms with Crippen molar-refractivity contribution < 1.29 is 0 Å². The molecule has 2 aromatic carbocycles. The van der Waals surface area contributed by atoms with Gasteiger partial charge < -0.3 is 4.98 Å². The average molecular weight is 385 g/mol. The van der Waals surface area contributed by atoms with Gasteiger partial charge in [0.25, 0.3) is 0 Å². The van der Waals surface area contributed by atoms with E-state index in [0.717, 1.165) is 11.1 Å². The monoisotopic (exact) mass is 383 g/mol. The van der Waals surface area contributed by atoms with Crippen LogP contribution in [0.3, 0.4) is 0 Å². The second-order valence-electron chi connectivity index (χ2n) is 4.96. The number of rotatable bonds is 2. The number of nitrogens with one attached hydrogen (secondary N) is 1. The van der Waals surface area contributed by atoms with Gasteiger partial charge in [0.05, 0.1) is 0 Å². The number of pyridine rings is 1. The Hall–Kier alpha value is -1.45. The molecule has 0 saturated heterocycles. The predicted octanol–water partition coefficient (Wildman–Crippen LogP) is 6.32. The lowest BCUT2D eigenvalue weighted by molar-refractivity contribution is 1.30. The van der Waals surface area contributed by atoms with Crippen molar-refractivity contribution in [2.45, 2.75) is 0 Å². The highest BCUT2D eigenvalue weighted by molar-refractivity contribution is 6.35. The van der Waals surface area contributed by atoms with Crippen LogP contribution >= 0.6 is 46.4 Å². The third-order valence-electron chi connectivity index (χ3n) is 3.19. The van der Waals surface area contributed by atoms with Gasteiger partial charge in [0.2, 0.25) is 0 Å². The summed E-state index contributed by atoms with van der Waals surface area (Å²) in [5.41, 5.74) is 2.49. The molecule has 0 aliphatic carbocycles. The first kappa shape index (κ1) is 16.4. The second-order valence-corrected chi connectivity index (χ2v) is 6.71. The van der Waals surface area contributed by atoms with Crippen molar-refractivity contribution in [2.24, 2.45) is 0 Å². The Bertz CT molecular complexity index is 836. The van der Waals surface area contributed by atoms with E-state index in [-0.39, 0.29) is 5.43 Å². The molecule has 3 aromatic rings. The van der Waals surface area contributed by atoms with Crippen LogP contribution in [-0.4, -0.2) is 4.98 Å². The maximum atomic E-state index is 12.0. The molecule has 1 N–H and O–H groups in total. The molecule has 2 nitrogen and oxygen atoms in total. The molecule has 0 bridgehead atoms. The summed E-state index contributed by atoms with van der Waals surface area (Å²) < 4.78 is 0. The fourth-order valence-electron chi connectivity index (χ4n) is 2.27. The van der Waals surface area contributed by atoms with Gasteiger partial charge in [-0.2, -0.15) is 0 Å². The standard InChI is InChI=1S/C17H9Cl4NO/c18-11-1-9(2-12(19)5-11)16-7-15(23)8-17(22-16)10-3-13(20)6-14(21)4-10/h1-8H,(H,22,23). The average Bonchev–Trinajstić information content (AvgIpc) is 2.44. The Kier molecular flexibility index (Phi) is 4.69. The summed E-state index contributed by atoms with van der Waals surface area (Å²) in [6.07, 6.45) is 0. The molecule has 3 rings (SSSR count). The summed E-state index contributed by atoms with van der Waals surface area (Å²) in [5.74, 6) is 0. The van der Waals surface area contributed by atoms with E-state index in [9.17, 15) is 4.79 Å². The van der Waals surface area contributed by atoms with Gasteiger partial charge in [0, 0.05) is 54.7 Å². The minimum Gasteiger partial charge on any atom is -0.354 e. The molecule has 0 radical (unpaired) electrons. The first-order chi connectivity index (χ1) is 10.9. The molecule has 0 aliphatic heterocycles. The number of aromatic amines is 1. The normalized spacial score (nSPS) is 10.8. The van der Waals surface area contributed by atoms with Crippen molar-refractivity contribution in [3.05, 3.63) is 78.8 Å². The van der Waals surface area contributed by atoms with Gasteiger partial charge in [0.15, 0.2) is 5.43 Å². The van der Waals surface area contributed by atoms with Gasteiger partial charge in [-0.05, 0) is 36.4 Å². The molecule has 0 aliphatic rings. The number of hydrogen-bond acceptors (Lipinski definition) is 1. The Morgan fingerprint density at radius 2 is 0.913 bits per heavy atom. The van der Waals surface area contributed by atoms with Crippen LogP contribution in [0.25, 0.3) is 22.5 Å². The van der Waals surface area contributed by atoms with E-state index < -0.39 is 0 Å². The first-order valence-electron chi connectivity index (χ1n) is 6.58. The number of H-pyrrole nitrogens is 1. The van der Waals surface area contributed by atoms with Crippen molar-refractivity contribution >= 4 is 46.4 Å². The Labute approximate surface area is 152 Å². The van der Waals surface area contributed by atoms with Crippen molar-refractivity contribution in [1.82, 2.24) is 4.98 Å². The summed E-state index contributed by atoms with van der Waals surface area (Å²) in [7, 11) is 0. The summed E-state index contributed by atoms with van der Waals surface area (Å²) in [6.45, 7) is 0. The lowest BCUT2D eigenvalue weighted by Gasteiger charge is -2.08. The minimum absolute atomic E-state index is 0.152. The third kappa shape index (κ3) is 3.91. The molecule has 0 saturated carbocycles. The van der Waals surface area contributed by atoms with E-state index in [0.29, 0.717) is 31.5 Å². The fraction of sp³-hybridized carbons (Fsp3) is 0. The molecule has 6 heteroatoms. The molecule has 1 aromatic heterocycles. The van der Waals surface area contributed by atoms with E-state index in [4.69, 9.17) is 46.4 Å². The zero-order valence-electron chi connectivity index (χ0n) is 11.5. The SMILES string of the molecule is O=c1cc(-c2cc(Cl)cc(Cl)c2)[nH]c(-c2cc(Cl)cc(Cl)c2)c1. The molecule has 0 spiro atoms. The van der Waals surface area contributed by atoms with E-state index in [2.05, 4.69) is 4.98 Å². The molecule has 0 atom stereocenters. The summed E-state index contributed by atoms with van der Waals surface area (Å²) >= 11 is 24.1. The van der Waals surface area contributed by atoms with Crippen LogP contribution in [0.4, 0.5) is 0 Å². The lowest BCUT2D eigenvalue weighted by atomic mass is 10.1. The predicted molar refractivity (Wildman–Crippen MR) is 98.0 cm³/mol. The van der Waals surface area contributed by atoms with Gasteiger partial charge in [-0.3, -0.25) is 4.79 Å².